The molecule has 2 aliphatic rings. The summed E-state index contributed by atoms with van der Waals surface area (Å²) in [4.78, 5) is 16.9. The number of methoxy groups -OCH3 is 2. The molecule has 2 aromatic heterocycles. The van der Waals surface area contributed by atoms with Crippen LogP contribution in [0.25, 0.3) is 22.3 Å². The highest BCUT2D eigenvalue weighted by atomic mass is 16.5. The van der Waals surface area contributed by atoms with Gasteiger partial charge in [-0.15, -0.1) is 0 Å². The number of nitrogens with zero attached hydrogens (tertiary/aromatic N) is 7. The second kappa shape index (κ2) is 11.4. The van der Waals surface area contributed by atoms with Crippen LogP contribution < -0.4 is 14.4 Å². The average Bonchev–Trinajstić information content (AvgIpc) is 3.72. The van der Waals surface area contributed by atoms with Gasteiger partial charge in [-0.05, 0) is 52.0 Å². The summed E-state index contributed by atoms with van der Waals surface area (Å²) in [7, 11) is 5.26. The van der Waals surface area contributed by atoms with Gasteiger partial charge in [-0.1, -0.05) is 0 Å². The largest absolute Gasteiger partial charge is 0.497 e. The molecule has 0 aliphatic carbocycles. The molecule has 43 heavy (non-hydrogen) atoms. The van der Waals surface area contributed by atoms with Crippen LogP contribution in [-0.2, 0) is 11.8 Å². The molecule has 0 saturated carbocycles. The normalized spacial score (nSPS) is 18.3. The molecule has 6 rings (SSSR count). The highest BCUT2D eigenvalue weighted by molar-refractivity contribution is 5.82. The van der Waals surface area contributed by atoms with Gasteiger partial charge in [-0.3, -0.25) is 14.6 Å². The van der Waals surface area contributed by atoms with Crippen LogP contribution in [-0.4, -0.2) is 87.6 Å². The molecule has 2 aliphatic heterocycles. The molecule has 0 unspecified atom stereocenters. The molecule has 0 amide bonds. The van der Waals surface area contributed by atoms with Gasteiger partial charge in [-0.2, -0.15) is 5.10 Å². The fourth-order valence-electron chi connectivity index (χ4n) is 6.19. The first-order valence-electron chi connectivity index (χ1n) is 14.8. The lowest BCUT2D eigenvalue weighted by Gasteiger charge is -2.38. The molecular formula is C33H41N7O3. The van der Waals surface area contributed by atoms with Crippen molar-refractivity contribution in [3.05, 3.63) is 67.5 Å². The van der Waals surface area contributed by atoms with Crippen LogP contribution in [0.5, 0.6) is 11.5 Å². The summed E-state index contributed by atoms with van der Waals surface area (Å²) < 4.78 is 19.1. The number of piperazine rings is 1. The van der Waals surface area contributed by atoms with E-state index >= 15 is 0 Å². The number of anilines is 2. The fourth-order valence-corrected chi connectivity index (χ4v) is 6.19. The number of fused-ring (bicyclic) bond motifs is 3. The Kier molecular flexibility index (Phi) is 7.64. The molecular weight excluding hydrogens is 542 g/mol. The van der Waals surface area contributed by atoms with Gasteiger partial charge < -0.3 is 24.0 Å². The van der Waals surface area contributed by atoms with E-state index in [1.165, 1.54) is 0 Å². The van der Waals surface area contributed by atoms with E-state index in [1.807, 2.05) is 31.6 Å². The van der Waals surface area contributed by atoms with E-state index in [9.17, 15) is 0 Å². The highest BCUT2D eigenvalue weighted by Gasteiger charge is 2.44. The third kappa shape index (κ3) is 6.10. The number of aromatic nitrogens is 4. The average molecular weight is 584 g/mol. The van der Waals surface area contributed by atoms with Gasteiger partial charge in [0.2, 0.25) is 0 Å². The van der Waals surface area contributed by atoms with E-state index in [0.717, 1.165) is 83.6 Å². The Hall–Kier alpha value is -4.31. The molecule has 2 atom stereocenters. The number of aryl methyl sites for hydroxylation is 1. The van der Waals surface area contributed by atoms with E-state index in [1.54, 1.807) is 25.1 Å². The summed E-state index contributed by atoms with van der Waals surface area (Å²) in [6, 6.07) is 13.1. The van der Waals surface area contributed by atoms with Crippen LogP contribution >= 0.6 is 0 Å². The molecule has 2 saturated heterocycles. The topological polar surface area (TPSA) is 81.0 Å². The minimum atomic E-state index is -0.250. The van der Waals surface area contributed by atoms with Gasteiger partial charge >= 0.3 is 0 Å². The van der Waals surface area contributed by atoms with E-state index < -0.39 is 0 Å². The van der Waals surface area contributed by atoms with Gasteiger partial charge in [-0.25, -0.2) is 4.98 Å². The summed E-state index contributed by atoms with van der Waals surface area (Å²) in [5.41, 5.74) is 5.16. The van der Waals surface area contributed by atoms with Crippen molar-refractivity contribution in [1.82, 2.24) is 29.5 Å². The third-order valence-electron chi connectivity index (χ3n) is 8.20. The standard InChI is InChI=1S/C33H41N7O3/c1-22(43-33(2,3)4)40-21-26-12-27(40)20-38(26)10-11-39(25-13-28(41-6)16-29(14-25)42-7)24-8-9-30-31(15-24)36-32(18-34-30)23-17-35-37(5)19-23/h8-9,13-19,26-27H,1,10-12,20-21H2,2-7H3/t26-,27-/m0/s1. The predicted molar refractivity (Wildman–Crippen MR) is 169 cm³/mol. The summed E-state index contributed by atoms with van der Waals surface area (Å²) in [5.74, 6) is 2.27. The Labute approximate surface area is 253 Å². The lowest BCUT2D eigenvalue weighted by Crippen LogP contribution is -2.48. The first-order chi connectivity index (χ1) is 20.6. The van der Waals surface area contributed by atoms with Crippen LogP contribution in [0.3, 0.4) is 0 Å². The molecule has 0 radical (unpaired) electrons. The Morgan fingerprint density at radius 3 is 2.37 bits per heavy atom. The zero-order valence-electron chi connectivity index (χ0n) is 25.9. The number of hydrogen-bond donors (Lipinski definition) is 0. The van der Waals surface area contributed by atoms with Crippen molar-refractivity contribution < 1.29 is 14.2 Å². The van der Waals surface area contributed by atoms with E-state index in [-0.39, 0.29) is 5.60 Å². The summed E-state index contributed by atoms with van der Waals surface area (Å²) >= 11 is 0. The molecule has 2 fully saturated rings. The zero-order valence-corrected chi connectivity index (χ0v) is 25.9. The van der Waals surface area contributed by atoms with Crippen LogP contribution in [0, 0.1) is 0 Å². The van der Waals surface area contributed by atoms with E-state index in [2.05, 4.69) is 76.4 Å². The Morgan fingerprint density at radius 1 is 0.977 bits per heavy atom. The lowest BCUT2D eigenvalue weighted by molar-refractivity contribution is -0.0116. The van der Waals surface area contributed by atoms with Crippen molar-refractivity contribution in [2.45, 2.75) is 44.9 Å². The number of hydrogen-bond acceptors (Lipinski definition) is 9. The SMILES string of the molecule is C=C(OC(C)(C)C)N1C[C@@H]2C[C@H]1CN2CCN(c1cc(OC)cc(OC)c1)c1ccc2ncc(-c3cnn(C)c3)nc2c1. The Morgan fingerprint density at radius 2 is 1.74 bits per heavy atom. The smallest absolute Gasteiger partial charge is 0.182 e. The molecule has 226 valence electrons. The quantitative estimate of drug-likeness (QED) is 0.233. The van der Waals surface area contributed by atoms with Gasteiger partial charge in [0.25, 0.3) is 0 Å². The van der Waals surface area contributed by atoms with Crippen molar-refractivity contribution in [1.29, 1.82) is 0 Å². The van der Waals surface area contributed by atoms with Crippen LogP contribution in [0.1, 0.15) is 27.2 Å². The Bertz CT molecular complexity index is 1610. The van der Waals surface area contributed by atoms with Crippen LogP contribution in [0.15, 0.2) is 67.5 Å². The first kappa shape index (κ1) is 28.8. The molecule has 0 N–H and O–H groups in total. The zero-order chi connectivity index (χ0) is 30.3. The van der Waals surface area contributed by atoms with Gasteiger partial charge in [0.15, 0.2) is 5.88 Å². The maximum Gasteiger partial charge on any atom is 0.182 e. The molecule has 2 aromatic carbocycles. The monoisotopic (exact) mass is 583 g/mol. The third-order valence-corrected chi connectivity index (χ3v) is 8.20. The maximum absolute atomic E-state index is 6.11. The van der Waals surface area contributed by atoms with E-state index in [4.69, 9.17) is 19.2 Å². The highest BCUT2D eigenvalue weighted by Crippen LogP contribution is 2.37. The molecule has 10 heteroatoms. The van der Waals surface area contributed by atoms with Gasteiger partial charge in [0, 0.05) is 86.6 Å². The number of benzene rings is 2. The van der Waals surface area contributed by atoms with Crippen molar-refractivity contribution in [3.8, 4) is 22.8 Å². The second-order valence-corrected chi connectivity index (χ2v) is 12.4. The fraction of sp³-hybridized carbons (Fsp3) is 0.424. The summed E-state index contributed by atoms with van der Waals surface area (Å²) in [5, 5.41) is 4.30. The van der Waals surface area contributed by atoms with Gasteiger partial charge in [0.1, 0.15) is 17.1 Å². The number of likely N-dealkylation sites (tertiary alicyclic amines) is 2. The number of ether oxygens (including phenoxy) is 3. The molecule has 0 spiro atoms. The molecule has 4 heterocycles. The van der Waals surface area contributed by atoms with Crippen molar-refractivity contribution in [2.24, 2.45) is 7.05 Å². The van der Waals surface area contributed by atoms with E-state index in [0.29, 0.717) is 12.1 Å². The lowest BCUT2D eigenvalue weighted by atomic mass is 10.2. The van der Waals surface area contributed by atoms with Crippen molar-refractivity contribution >= 4 is 22.4 Å². The van der Waals surface area contributed by atoms with Crippen molar-refractivity contribution in [2.75, 3.05) is 45.3 Å². The first-order valence-corrected chi connectivity index (χ1v) is 14.8. The Balaban J connectivity index is 1.27. The van der Waals surface area contributed by atoms with Crippen molar-refractivity contribution in [3.63, 3.8) is 0 Å². The maximum atomic E-state index is 6.11. The molecule has 4 aromatic rings. The molecule has 10 nitrogen and oxygen atoms in total. The van der Waals surface area contributed by atoms with Crippen LogP contribution in [0.2, 0.25) is 0 Å². The molecule has 2 bridgehead atoms. The predicted octanol–water partition coefficient (Wildman–Crippen LogP) is 5.23. The summed E-state index contributed by atoms with van der Waals surface area (Å²) in [6.07, 6.45) is 6.69. The summed E-state index contributed by atoms with van der Waals surface area (Å²) in [6.45, 7) is 14.1. The van der Waals surface area contributed by atoms with Gasteiger partial charge in [0.05, 0.1) is 43.3 Å². The van der Waals surface area contributed by atoms with Crippen LogP contribution in [0.4, 0.5) is 11.4 Å². The second-order valence-electron chi connectivity index (χ2n) is 12.4. The number of rotatable bonds is 10. The minimum Gasteiger partial charge on any atom is -0.497 e. The minimum absolute atomic E-state index is 0.250.